The van der Waals surface area contributed by atoms with Crippen LogP contribution >= 0.6 is 0 Å². The van der Waals surface area contributed by atoms with Gasteiger partial charge in [0.25, 0.3) is 5.91 Å². The minimum Gasteiger partial charge on any atom is -0.308 e. The maximum Gasteiger partial charge on any atom is 0.258 e. The van der Waals surface area contributed by atoms with Crippen molar-refractivity contribution in [3.63, 3.8) is 0 Å². The maximum atomic E-state index is 12.9. The van der Waals surface area contributed by atoms with E-state index in [1.807, 2.05) is 38.1 Å². The Morgan fingerprint density at radius 2 is 1.75 bits per heavy atom. The molecule has 0 N–H and O–H groups in total. The molecule has 0 atom stereocenters. The van der Waals surface area contributed by atoms with Gasteiger partial charge in [-0.15, -0.1) is 0 Å². The summed E-state index contributed by atoms with van der Waals surface area (Å²) in [6.45, 7) is 7.62. The van der Waals surface area contributed by atoms with E-state index in [9.17, 15) is 13.2 Å². The SMILES string of the molecule is CCN(C(=O)c1cccc(S(=O)(=O)C(C)C)c1)c1ccccc1C. The second-order valence-electron chi connectivity index (χ2n) is 5.96. The number of amides is 1. The molecule has 0 aromatic heterocycles. The lowest BCUT2D eigenvalue weighted by Crippen LogP contribution is -2.31. The second kappa shape index (κ2) is 7.18. The maximum absolute atomic E-state index is 12.9. The van der Waals surface area contributed by atoms with Crippen molar-refractivity contribution in [1.82, 2.24) is 0 Å². The largest absolute Gasteiger partial charge is 0.308 e. The van der Waals surface area contributed by atoms with Crippen LogP contribution in [0.1, 0.15) is 36.7 Å². The lowest BCUT2D eigenvalue weighted by Gasteiger charge is -2.23. The van der Waals surface area contributed by atoms with Crippen molar-refractivity contribution < 1.29 is 13.2 Å². The van der Waals surface area contributed by atoms with Crippen LogP contribution in [0.15, 0.2) is 53.4 Å². The molecular formula is C19H23NO3S. The summed E-state index contributed by atoms with van der Waals surface area (Å²) < 4.78 is 24.7. The predicted octanol–water partition coefficient (Wildman–Crippen LogP) is 3.84. The molecule has 2 aromatic carbocycles. The third-order valence-corrected chi connectivity index (χ3v) is 6.15. The highest BCUT2D eigenvalue weighted by Crippen LogP contribution is 2.23. The first kappa shape index (κ1) is 18.2. The number of carbonyl (C=O) groups is 1. The third kappa shape index (κ3) is 3.51. The van der Waals surface area contributed by atoms with E-state index >= 15 is 0 Å². The number of benzene rings is 2. The third-order valence-electron chi connectivity index (χ3n) is 4.00. The van der Waals surface area contributed by atoms with Crippen LogP contribution in [0.4, 0.5) is 5.69 Å². The summed E-state index contributed by atoms with van der Waals surface area (Å²) in [5.74, 6) is -0.201. The van der Waals surface area contributed by atoms with E-state index in [2.05, 4.69) is 0 Å². The van der Waals surface area contributed by atoms with Gasteiger partial charge in [0.15, 0.2) is 9.84 Å². The lowest BCUT2D eigenvalue weighted by atomic mass is 10.1. The van der Waals surface area contributed by atoms with E-state index in [1.54, 1.807) is 30.9 Å². The molecule has 2 aromatic rings. The first-order chi connectivity index (χ1) is 11.3. The zero-order valence-electron chi connectivity index (χ0n) is 14.5. The van der Waals surface area contributed by atoms with E-state index in [1.165, 1.54) is 12.1 Å². The predicted molar refractivity (Wildman–Crippen MR) is 97.3 cm³/mol. The Bertz CT molecular complexity index is 841. The van der Waals surface area contributed by atoms with E-state index in [0.717, 1.165) is 11.3 Å². The van der Waals surface area contributed by atoms with Crippen molar-refractivity contribution in [3.8, 4) is 0 Å². The summed E-state index contributed by atoms with van der Waals surface area (Å²) in [4.78, 5) is 14.8. The topological polar surface area (TPSA) is 54.5 Å². The number of aryl methyl sites for hydroxylation is 1. The number of hydrogen-bond acceptors (Lipinski definition) is 3. The minimum absolute atomic E-state index is 0.184. The molecule has 4 nitrogen and oxygen atoms in total. The molecule has 0 aliphatic carbocycles. The summed E-state index contributed by atoms with van der Waals surface area (Å²) in [7, 11) is -3.41. The number of rotatable bonds is 5. The van der Waals surface area contributed by atoms with Crippen molar-refractivity contribution in [2.75, 3.05) is 11.4 Å². The van der Waals surface area contributed by atoms with Gasteiger partial charge in [-0.25, -0.2) is 8.42 Å². The summed E-state index contributed by atoms with van der Waals surface area (Å²) in [5.41, 5.74) is 2.21. The molecule has 0 radical (unpaired) electrons. The summed E-state index contributed by atoms with van der Waals surface area (Å²) in [5, 5.41) is -0.526. The fourth-order valence-electron chi connectivity index (χ4n) is 2.52. The standard InChI is InChI=1S/C19H23NO3S/c1-5-20(18-12-7-6-9-15(18)4)19(21)16-10-8-11-17(13-16)24(22,23)14(2)3/h6-14H,5H2,1-4H3. The number of para-hydroxylation sites is 1. The van der Waals surface area contributed by atoms with Crippen LogP contribution in [0.3, 0.4) is 0 Å². The van der Waals surface area contributed by atoms with Gasteiger partial charge in [0, 0.05) is 17.8 Å². The molecule has 24 heavy (non-hydrogen) atoms. The zero-order valence-corrected chi connectivity index (χ0v) is 15.3. The van der Waals surface area contributed by atoms with Crippen molar-refractivity contribution in [1.29, 1.82) is 0 Å². The highest BCUT2D eigenvalue weighted by Gasteiger charge is 2.22. The fourth-order valence-corrected chi connectivity index (χ4v) is 3.63. The molecule has 0 saturated heterocycles. The van der Waals surface area contributed by atoms with Gasteiger partial charge in [-0.1, -0.05) is 24.3 Å². The van der Waals surface area contributed by atoms with Gasteiger partial charge in [0.05, 0.1) is 10.1 Å². The Balaban J connectivity index is 2.45. The number of hydrogen-bond donors (Lipinski definition) is 0. The van der Waals surface area contributed by atoms with Crippen LogP contribution in [0, 0.1) is 6.92 Å². The summed E-state index contributed by atoms with van der Waals surface area (Å²) in [6, 6.07) is 13.9. The highest BCUT2D eigenvalue weighted by molar-refractivity contribution is 7.92. The van der Waals surface area contributed by atoms with E-state index < -0.39 is 15.1 Å². The van der Waals surface area contributed by atoms with Gasteiger partial charge in [-0.2, -0.15) is 0 Å². The molecule has 128 valence electrons. The number of carbonyl (C=O) groups excluding carboxylic acids is 1. The van der Waals surface area contributed by atoms with E-state index in [4.69, 9.17) is 0 Å². The van der Waals surface area contributed by atoms with Crippen LogP contribution in [0.5, 0.6) is 0 Å². The van der Waals surface area contributed by atoms with Crippen LogP contribution < -0.4 is 4.90 Å². The van der Waals surface area contributed by atoms with Crippen molar-refractivity contribution in [2.45, 2.75) is 37.8 Å². The number of sulfone groups is 1. The van der Waals surface area contributed by atoms with Gasteiger partial charge < -0.3 is 4.90 Å². The quantitative estimate of drug-likeness (QED) is 0.827. The molecule has 0 aliphatic rings. The highest BCUT2D eigenvalue weighted by atomic mass is 32.2. The van der Waals surface area contributed by atoms with Crippen LogP contribution in [0.2, 0.25) is 0 Å². The number of nitrogens with zero attached hydrogens (tertiary/aromatic N) is 1. The molecule has 0 heterocycles. The fraction of sp³-hybridized carbons (Fsp3) is 0.316. The normalized spacial score (nSPS) is 11.5. The molecule has 0 fully saturated rings. The monoisotopic (exact) mass is 345 g/mol. The molecule has 0 saturated carbocycles. The summed E-state index contributed by atoms with van der Waals surface area (Å²) in [6.07, 6.45) is 0. The van der Waals surface area contributed by atoms with Crippen LogP contribution in [-0.2, 0) is 9.84 Å². The average Bonchev–Trinajstić information content (AvgIpc) is 2.57. The second-order valence-corrected chi connectivity index (χ2v) is 8.46. The Morgan fingerprint density at radius 3 is 2.33 bits per heavy atom. The van der Waals surface area contributed by atoms with Gasteiger partial charge in [0.2, 0.25) is 0 Å². The first-order valence-electron chi connectivity index (χ1n) is 8.00. The molecular weight excluding hydrogens is 322 g/mol. The molecule has 0 spiro atoms. The first-order valence-corrected chi connectivity index (χ1v) is 9.55. The Morgan fingerprint density at radius 1 is 1.08 bits per heavy atom. The van der Waals surface area contributed by atoms with Crippen LogP contribution in [0.25, 0.3) is 0 Å². The summed E-state index contributed by atoms with van der Waals surface area (Å²) >= 11 is 0. The smallest absolute Gasteiger partial charge is 0.258 e. The zero-order chi connectivity index (χ0) is 17.9. The molecule has 2 rings (SSSR count). The molecule has 0 bridgehead atoms. The Labute approximate surface area is 144 Å². The number of anilines is 1. The average molecular weight is 345 g/mol. The minimum atomic E-state index is -3.41. The van der Waals surface area contributed by atoms with Crippen molar-refractivity contribution in [2.24, 2.45) is 0 Å². The molecule has 0 aliphatic heterocycles. The van der Waals surface area contributed by atoms with Crippen LogP contribution in [-0.4, -0.2) is 26.1 Å². The Hall–Kier alpha value is -2.14. The van der Waals surface area contributed by atoms with Gasteiger partial charge in [-0.3, -0.25) is 4.79 Å². The van der Waals surface area contributed by atoms with Crippen molar-refractivity contribution >= 4 is 21.4 Å². The van der Waals surface area contributed by atoms with E-state index in [-0.39, 0.29) is 10.8 Å². The van der Waals surface area contributed by atoms with Crippen molar-refractivity contribution in [3.05, 3.63) is 59.7 Å². The lowest BCUT2D eigenvalue weighted by molar-refractivity contribution is 0.0988. The Kier molecular flexibility index (Phi) is 5.44. The molecule has 5 heteroatoms. The van der Waals surface area contributed by atoms with Gasteiger partial charge >= 0.3 is 0 Å². The van der Waals surface area contributed by atoms with Gasteiger partial charge in [0.1, 0.15) is 0 Å². The van der Waals surface area contributed by atoms with Gasteiger partial charge in [-0.05, 0) is 57.5 Å². The van der Waals surface area contributed by atoms with E-state index in [0.29, 0.717) is 12.1 Å². The molecule has 0 unspecified atom stereocenters. The molecule has 1 amide bonds.